The highest BCUT2D eigenvalue weighted by atomic mass is 35.5. The number of piperazine rings is 1. The summed E-state index contributed by atoms with van der Waals surface area (Å²) >= 11 is 5.85. The molecule has 0 saturated carbocycles. The maximum absolute atomic E-state index is 12.3. The van der Waals surface area contributed by atoms with Crippen LogP contribution in [0.15, 0.2) is 30.9 Å². The third-order valence-electron chi connectivity index (χ3n) is 4.13. The smallest absolute Gasteiger partial charge is 0.294 e. The van der Waals surface area contributed by atoms with Crippen molar-refractivity contribution in [3.63, 3.8) is 0 Å². The molecule has 0 atom stereocenters. The van der Waals surface area contributed by atoms with E-state index in [0.717, 1.165) is 0 Å². The fourth-order valence-electron chi connectivity index (χ4n) is 2.82. The van der Waals surface area contributed by atoms with Crippen LogP contribution in [0.3, 0.4) is 0 Å². The lowest BCUT2D eigenvalue weighted by Gasteiger charge is -2.35. The van der Waals surface area contributed by atoms with E-state index in [2.05, 4.69) is 10.1 Å². The molecule has 1 fully saturated rings. The molecule has 2 heterocycles. The summed E-state index contributed by atoms with van der Waals surface area (Å²) in [5.41, 5.74) is 0.516. The van der Waals surface area contributed by atoms with Gasteiger partial charge >= 0.3 is 0 Å². The normalized spacial score (nSPS) is 14.6. The Morgan fingerprint density at radius 2 is 2.04 bits per heavy atom. The number of rotatable bonds is 5. The molecule has 1 amide bonds. The molecule has 2 aromatic rings. The average Bonchev–Trinajstić information content (AvgIpc) is 3.13. The molecule has 0 N–H and O–H groups in total. The summed E-state index contributed by atoms with van der Waals surface area (Å²) in [5, 5.41) is 15.5. The highest BCUT2D eigenvalue weighted by Crippen LogP contribution is 2.31. The topological polar surface area (TPSA) is 97.4 Å². The second kappa shape index (κ2) is 7.47. The van der Waals surface area contributed by atoms with Gasteiger partial charge in [-0.05, 0) is 12.1 Å². The molecule has 0 unspecified atom stereocenters. The molecule has 3 rings (SSSR count). The first kappa shape index (κ1) is 17.2. The van der Waals surface area contributed by atoms with Gasteiger partial charge in [0.2, 0.25) is 5.91 Å². The molecule has 1 aliphatic heterocycles. The van der Waals surface area contributed by atoms with Crippen LogP contribution in [0.4, 0.5) is 11.4 Å². The molecule has 9 nitrogen and oxygen atoms in total. The molecule has 0 bridgehead atoms. The molecular formula is C15H17ClN6O3. The number of hydrogen-bond acceptors (Lipinski definition) is 6. The largest absolute Gasteiger partial charge is 0.362 e. The second-order valence-corrected chi connectivity index (χ2v) is 6.10. The molecule has 0 spiro atoms. The van der Waals surface area contributed by atoms with Crippen LogP contribution in [0.25, 0.3) is 0 Å². The van der Waals surface area contributed by atoms with E-state index in [0.29, 0.717) is 49.9 Å². The van der Waals surface area contributed by atoms with Gasteiger partial charge in [-0.25, -0.2) is 4.98 Å². The highest BCUT2D eigenvalue weighted by Gasteiger charge is 2.25. The number of anilines is 1. The van der Waals surface area contributed by atoms with Gasteiger partial charge in [-0.15, -0.1) is 0 Å². The molecule has 1 aliphatic rings. The number of aryl methyl sites for hydroxylation is 1. The zero-order valence-corrected chi connectivity index (χ0v) is 14.2. The molecule has 25 heavy (non-hydrogen) atoms. The van der Waals surface area contributed by atoms with Crippen molar-refractivity contribution in [1.29, 1.82) is 0 Å². The monoisotopic (exact) mass is 364 g/mol. The molecule has 0 aliphatic carbocycles. The van der Waals surface area contributed by atoms with Crippen LogP contribution < -0.4 is 4.90 Å². The van der Waals surface area contributed by atoms with Crippen molar-refractivity contribution in [3.05, 3.63) is 46.0 Å². The summed E-state index contributed by atoms with van der Waals surface area (Å²) in [6.45, 7) is 2.61. The van der Waals surface area contributed by atoms with Crippen molar-refractivity contribution >= 4 is 28.9 Å². The molecule has 1 saturated heterocycles. The quantitative estimate of drug-likeness (QED) is 0.590. The number of hydrogen-bond donors (Lipinski definition) is 0. The third kappa shape index (κ3) is 4.05. The van der Waals surface area contributed by atoms with E-state index in [4.69, 9.17) is 11.6 Å². The zero-order valence-electron chi connectivity index (χ0n) is 13.4. The second-order valence-electron chi connectivity index (χ2n) is 5.67. The summed E-state index contributed by atoms with van der Waals surface area (Å²) in [7, 11) is 0. The Labute approximate surface area is 149 Å². The van der Waals surface area contributed by atoms with E-state index >= 15 is 0 Å². The number of nitrogens with zero attached hydrogens (tertiary/aromatic N) is 6. The number of nitro groups is 1. The maximum Gasteiger partial charge on any atom is 0.294 e. The third-order valence-corrected chi connectivity index (χ3v) is 4.36. The lowest BCUT2D eigenvalue weighted by atomic mass is 10.2. The van der Waals surface area contributed by atoms with Gasteiger partial charge in [0.15, 0.2) is 0 Å². The highest BCUT2D eigenvalue weighted by molar-refractivity contribution is 6.30. The number of aromatic nitrogens is 3. The summed E-state index contributed by atoms with van der Waals surface area (Å²) in [5.74, 6) is 0.0424. The van der Waals surface area contributed by atoms with E-state index < -0.39 is 4.92 Å². The SMILES string of the molecule is O=C(CCn1cncn1)N1CCN(c2ccc(Cl)cc2[N+](=O)[O-])CC1. The Kier molecular flexibility index (Phi) is 5.13. The van der Waals surface area contributed by atoms with Crippen molar-refractivity contribution in [1.82, 2.24) is 19.7 Å². The van der Waals surface area contributed by atoms with E-state index in [1.54, 1.807) is 28.0 Å². The van der Waals surface area contributed by atoms with Crippen molar-refractivity contribution in [2.24, 2.45) is 0 Å². The van der Waals surface area contributed by atoms with E-state index in [1.807, 2.05) is 4.90 Å². The first-order valence-corrected chi connectivity index (χ1v) is 8.21. The summed E-state index contributed by atoms with van der Waals surface area (Å²) in [4.78, 5) is 30.6. The Morgan fingerprint density at radius 3 is 2.68 bits per heavy atom. The van der Waals surface area contributed by atoms with Gasteiger partial charge in [0.05, 0.1) is 11.5 Å². The van der Waals surface area contributed by atoms with Gasteiger partial charge in [0.1, 0.15) is 18.3 Å². The molecular weight excluding hydrogens is 348 g/mol. The average molecular weight is 365 g/mol. The Morgan fingerprint density at radius 1 is 1.28 bits per heavy atom. The number of amides is 1. The van der Waals surface area contributed by atoms with Crippen LogP contribution in [-0.2, 0) is 11.3 Å². The van der Waals surface area contributed by atoms with Crippen LogP contribution in [-0.4, -0.2) is 56.7 Å². The number of carbonyl (C=O) groups excluding carboxylic acids is 1. The zero-order chi connectivity index (χ0) is 17.8. The van der Waals surface area contributed by atoms with Crippen molar-refractivity contribution < 1.29 is 9.72 Å². The van der Waals surface area contributed by atoms with Gasteiger partial charge in [-0.2, -0.15) is 5.10 Å². The van der Waals surface area contributed by atoms with Gasteiger partial charge in [-0.1, -0.05) is 11.6 Å². The van der Waals surface area contributed by atoms with Crippen LogP contribution >= 0.6 is 11.6 Å². The Balaban J connectivity index is 1.58. The lowest BCUT2D eigenvalue weighted by molar-refractivity contribution is -0.384. The Bertz CT molecular complexity index is 759. The van der Waals surface area contributed by atoms with Gasteiger partial charge in [0, 0.05) is 43.7 Å². The van der Waals surface area contributed by atoms with Crippen LogP contribution in [0.1, 0.15) is 6.42 Å². The maximum atomic E-state index is 12.3. The number of carbonyl (C=O) groups is 1. The van der Waals surface area contributed by atoms with E-state index in [1.165, 1.54) is 12.4 Å². The van der Waals surface area contributed by atoms with Gasteiger partial charge in [0.25, 0.3) is 5.69 Å². The van der Waals surface area contributed by atoms with Crippen molar-refractivity contribution in [2.45, 2.75) is 13.0 Å². The summed E-state index contributed by atoms with van der Waals surface area (Å²) in [6.07, 6.45) is 3.36. The Hall–Kier alpha value is -2.68. The fraction of sp³-hybridized carbons (Fsp3) is 0.400. The predicted molar refractivity (Wildman–Crippen MR) is 91.5 cm³/mol. The minimum Gasteiger partial charge on any atom is -0.362 e. The first-order valence-electron chi connectivity index (χ1n) is 7.83. The van der Waals surface area contributed by atoms with Gasteiger partial charge in [-0.3, -0.25) is 19.6 Å². The minimum absolute atomic E-state index is 0.0153. The number of benzene rings is 1. The molecule has 0 radical (unpaired) electrons. The molecule has 10 heteroatoms. The van der Waals surface area contributed by atoms with Crippen molar-refractivity contribution in [3.8, 4) is 0 Å². The van der Waals surface area contributed by atoms with Crippen LogP contribution in [0.5, 0.6) is 0 Å². The fourth-order valence-corrected chi connectivity index (χ4v) is 2.99. The van der Waals surface area contributed by atoms with Gasteiger partial charge < -0.3 is 9.80 Å². The summed E-state index contributed by atoms with van der Waals surface area (Å²) in [6, 6.07) is 4.65. The summed E-state index contributed by atoms with van der Waals surface area (Å²) < 4.78 is 1.62. The number of nitro benzene ring substituents is 1. The van der Waals surface area contributed by atoms with Crippen LogP contribution in [0, 0.1) is 10.1 Å². The van der Waals surface area contributed by atoms with E-state index in [9.17, 15) is 14.9 Å². The van der Waals surface area contributed by atoms with Crippen molar-refractivity contribution in [2.75, 3.05) is 31.1 Å². The number of halogens is 1. The first-order chi connectivity index (χ1) is 12.0. The predicted octanol–water partition coefficient (Wildman–Crippen LogP) is 1.58. The lowest BCUT2D eigenvalue weighted by Crippen LogP contribution is -2.49. The standard InChI is InChI=1S/C15H17ClN6O3/c16-12-1-2-13(14(9-12)22(24)25)19-5-7-20(8-6-19)15(23)3-4-21-11-17-10-18-21/h1-2,9-11H,3-8H2. The molecule has 132 valence electrons. The van der Waals surface area contributed by atoms with E-state index in [-0.39, 0.29) is 11.6 Å². The minimum atomic E-state index is -0.434. The molecule has 1 aromatic heterocycles. The van der Waals surface area contributed by atoms with Crippen LogP contribution in [0.2, 0.25) is 5.02 Å². The molecule has 1 aromatic carbocycles.